The van der Waals surface area contributed by atoms with Gasteiger partial charge in [-0.05, 0) is 29.8 Å². The van der Waals surface area contributed by atoms with E-state index in [1.54, 1.807) is 24.3 Å². The second kappa shape index (κ2) is 10.4. The summed E-state index contributed by atoms with van der Waals surface area (Å²) in [6.07, 6.45) is 0. The lowest BCUT2D eigenvalue weighted by Gasteiger charge is -2.35. The van der Waals surface area contributed by atoms with Crippen LogP contribution in [0.15, 0.2) is 48.5 Å². The molecule has 0 spiro atoms. The molecular formula is C22H27ClN4O3. The van der Waals surface area contributed by atoms with Gasteiger partial charge < -0.3 is 20.3 Å². The van der Waals surface area contributed by atoms with Crippen molar-refractivity contribution in [2.45, 2.75) is 6.04 Å². The lowest BCUT2D eigenvalue weighted by Crippen LogP contribution is -2.45. The molecule has 0 bridgehead atoms. The molecule has 1 atom stereocenters. The Labute approximate surface area is 181 Å². The number of carbonyl (C=O) groups excluding carboxylic acids is 2. The fourth-order valence-corrected chi connectivity index (χ4v) is 3.54. The van der Waals surface area contributed by atoms with E-state index in [1.807, 2.05) is 19.0 Å². The molecule has 1 saturated heterocycles. The summed E-state index contributed by atoms with van der Waals surface area (Å²) in [7, 11) is 3.98. The number of anilines is 2. The van der Waals surface area contributed by atoms with E-state index in [0.29, 0.717) is 30.5 Å². The van der Waals surface area contributed by atoms with Crippen molar-refractivity contribution in [3.8, 4) is 0 Å². The molecule has 1 aliphatic heterocycles. The number of hydrogen-bond acceptors (Lipinski definition) is 5. The van der Waals surface area contributed by atoms with E-state index in [2.05, 4.69) is 39.8 Å². The van der Waals surface area contributed by atoms with Gasteiger partial charge in [0.05, 0.1) is 30.0 Å². The van der Waals surface area contributed by atoms with E-state index in [1.165, 1.54) is 0 Å². The van der Waals surface area contributed by atoms with Gasteiger partial charge in [-0.25, -0.2) is 0 Å². The maximum absolute atomic E-state index is 12.4. The molecule has 0 aromatic heterocycles. The highest BCUT2D eigenvalue weighted by atomic mass is 35.5. The van der Waals surface area contributed by atoms with Crippen LogP contribution in [0.3, 0.4) is 0 Å². The van der Waals surface area contributed by atoms with Crippen LogP contribution in [0.1, 0.15) is 11.6 Å². The summed E-state index contributed by atoms with van der Waals surface area (Å²) in [5.74, 6) is -1.44. The molecule has 0 saturated carbocycles. The maximum Gasteiger partial charge on any atom is 0.313 e. The van der Waals surface area contributed by atoms with Gasteiger partial charge in [-0.3, -0.25) is 14.5 Å². The average Bonchev–Trinajstić information content (AvgIpc) is 2.76. The van der Waals surface area contributed by atoms with Crippen LogP contribution in [-0.2, 0) is 14.3 Å². The number of hydrogen-bond donors (Lipinski definition) is 2. The molecule has 0 radical (unpaired) electrons. The van der Waals surface area contributed by atoms with Crippen molar-refractivity contribution in [3.05, 3.63) is 59.1 Å². The lowest BCUT2D eigenvalue weighted by atomic mass is 10.0. The fraction of sp³-hybridized carbons (Fsp3) is 0.364. The third-order valence-electron chi connectivity index (χ3n) is 5.06. The van der Waals surface area contributed by atoms with Gasteiger partial charge in [0.15, 0.2) is 0 Å². The molecule has 2 aromatic rings. The molecule has 160 valence electrons. The number of nitrogens with zero attached hydrogens (tertiary/aromatic N) is 2. The first-order chi connectivity index (χ1) is 14.5. The predicted molar refractivity (Wildman–Crippen MR) is 119 cm³/mol. The number of morpholine rings is 1. The number of para-hydroxylation sites is 1. The molecule has 7 nitrogen and oxygen atoms in total. The number of halogens is 1. The largest absolute Gasteiger partial charge is 0.379 e. The Kier molecular flexibility index (Phi) is 7.68. The van der Waals surface area contributed by atoms with Crippen molar-refractivity contribution < 1.29 is 14.3 Å². The monoisotopic (exact) mass is 430 g/mol. The molecule has 3 rings (SSSR count). The third-order valence-corrected chi connectivity index (χ3v) is 5.39. The molecule has 2 aromatic carbocycles. The zero-order chi connectivity index (χ0) is 21.5. The molecule has 2 N–H and O–H groups in total. The molecule has 1 fully saturated rings. The summed E-state index contributed by atoms with van der Waals surface area (Å²) < 4.78 is 5.47. The smallest absolute Gasteiger partial charge is 0.313 e. The Balaban J connectivity index is 1.67. The van der Waals surface area contributed by atoms with Gasteiger partial charge in [-0.15, -0.1) is 0 Å². The molecular weight excluding hydrogens is 404 g/mol. The standard InChI is InChI=1S/C22H27ClN4O3/c1-26(2)17-9-7-16(8-10-17)20(27-11-13-30-14-12-27)15-24-21(28)22(29)25-19-6-4-3-5-18(19)23/h3-10,20H,11-15H2,1-2H3,(H,24,28)(H,25,29). The first kappa shape index (κ1) is 22.1. The predicted octanol–water partition coefficient (Wildman–Crippen LogP) is 2.53. The zero-order valence-electron chi connectivity index (χ0n) is 17.2. The Morgan fingerprint density at radius 2 is 1.73 bits per heavy atom. The third kappa shape index (κ3) is 5.72. The summed E-state index contributed by atoms with van der Waals surface area (Å²) in [5, 5.41) is 5.70. The first-order valence-electron chi connectivity index (χ1n) is 9.88. The van der Waals surface area contributed by atoms with Crippen LogP contribution in [0, 0.1) is 0 Å². The SMILES string of the molecule is CN(C)c1ccc(C(CNC(=O)C(=O)Nc2ccccc2Cl)N2CCOCC2)cc1. The minimum atomic E-state index is -0.744. The van der Waals surface area contributed by atoms with Crippen LogP contribution < -0.4 is 15.5 Å². The Bertz CT molecular complexity index is 867. The average molecular weight is 431 g/mol. The first-order valence-corrected chi connectivity index (χ1v) is 10.3. The summed E-state index contributed by atoms with van der Waals surface area (Å²) in [5.41, 5.74) is 2.58. The van der Waals surface area contributed by atoms with Crippen LogP contribution in [-0.4, -0.2) is 63.7 Å². The van der Waals surface area contributed by atoms with E-state index >= 15 is 0 Å². The minimum absolute atomic E-state index is 0.0535. The van der Waals surface area contributed by atoms with E-state index in [-0.39, 0.29) is 6.04 Å². The summed E-state index contributed by atoms with van der Waals surface area (Å²) in [6, 6.07) is 15.0. The Hall–Kier alpha value is -2.61. The summed E-state index contributed by atoms with van der Waals surface area (Å²) in [6.45, 7) is 3.14. The van der Waals surface area contributed by atoms with Gasteiger partial charge in [-0.1, -0.05) is 35.9 Å². The molecule has 0 aliphatic carbocycles. The van der Waals surface area contributed by atoms with E-state index < -0.39 is 11.8 Å². The second-order valence-corrected chi connectivity index (χ2v) is 7.70. The number of nitrogens with one attached hydrogen (secondary N) is 2. The van der Waals surface area contributed by atoms with Crippen LogP contribution in [0.5, 0.6) is 0 Å². The Morgan fingerprint density at radius 1 is 1.07 bits per heavy atom. The normalized spacial score (nSPS) is 15.3. The van der Waals surface area contributed by atoms with Crippen molar-refractivity contribution in [2.75, 3.05) is 57.2 Å². The summed E-state index contributed by atoms with van der Waals surface area (Å²) in [4.78, 5) is 29.0. The topological polar surface area (TPSA) is 73.9 Å². The lowest BCUT2D eigenvalue weighted by molar-refractivity contribution is -0.136. The van der Waals surface area contributed by atoms with Gasteiger partial charge in [0, 0.05) is 39.4 Å². The van der Waals surface area contributed by atoms with Crippen molar-refractivity contribution in [1.29, 1.82) is 0 Å². The number of rotatable bonds is 6. The van der Waals surface area contributed by atoms with Crippen molar-refractivity contribution in [2.24, 2.45) is 0 Å². The van der Waals surface area contributed by atoms with Gasteiger partial charge >= 0.3 is 11.8 Å². The van der Waals surface area contributed by atoms with Crippen molar-refractivity contribution in [1.82, 2.24) is 10.2 Å². The van der Waals surface area contributed by atoms with Crippen molar-refractivity contribution >= 4 is 34.8 Å². The quantitative estimate of drug-likeness (QED) is 0.689. The van der Waals surface area contributed by atoms with E-state index in [9.17, 15) is 9.59 Å². The number of carbonyl (C=O) groups is 2. The number of ether oxygens (including phenoxy) is 1. The Morgan fingerprint density at radius 3 is 2.37 bits per heavy atom. The van der Waals surface area contributed by atoms with Gasteiger partial charge in [0.2, 0.25) is 0 Å². The van der Waals surface area contributed by atoms with Gasteiger partial charge in [-0.2, -0.15) is 0 Å². The molecule has 8 heteroatoms. The second-order valence-electron chi connectivity index (χ2n) is 7.29. The number of amides is 2. The zero-order valence-corrected chi connectivity index (χ0v) is 18.0. The molecule has 1 heterocycles. The molecule has 1 aliphatic rings. The minimum Gasteiger partial charge on any atom is -0.379 e. The maximum atomic E-state index is 12.4. The highest BCUT2D eigenvalue weighted by Crippen LogP contribution is 2.24. The highest BCUT2D eigenvalue weighted by Gasteiger charge is 2.24. The fourth-order valence-electron chi connectivity index (χ4n) is 3.35. The van der Waals surface area contributed by atoms with Gasteiger partial charge in [0.25, 0.3) is 0 Å². The van der Waals surface area contributed by atoms with Gasteiger partial charge in [0.1, 0.15) is 0 Å². The molecule has 2 amide bonds. The van der Waals surface area contributed by atoms with Crippen LogP contribution in [0.2, 0.25) is 5.02 Å². The number of benzene rings is 2. The van der Waals surface area contributed by atoms with Crippen LogP contribution in [0.25, 0.3) is 0 Å². The van der Waals surface area contributed by atoms with Crippen molar-refractivity contribution in [3.63, 3.8) is 0 Å². The van der Waals surface area contributed by atoms with E-state index in [0.717, 1.165) is 24.3 Å². The molecule has 1 unspecified atom stereocenters. The van der Waals surface area contributed by atoms with Crippen LogP contribution >= 0.6 is 11.6 Å². The molecule has 30 heavy (non-hydrogen) atoms. The van der Waals surface area contributed by atoms with Crippen LogP contribution in [0.4, 0.5) is 11.4 Å². The van der Waals surface area contributed by atoms with E-state index in [4.69, 9.17) is 16.3 Å². The summed E-state index contributed by atoms with van der Waals surface area (Å²) >= 11 is 6.05. The highest BCUT2D eigenvalue weighted by molar-refractivity contribution is 6.41.